The summed E-state index contributed by atoms with van der Waals surface area (Å²) in [6, 6.07) is 19.4. The summed E-state index contributed by atoms with van der Waals surface area (Å²) in [6.45, 7) is 10.2. The number of para-hydroxylation sites is 1. The van der Waals surface area contributed by atoms with Crippen LogP contribution < -0.4 is 16.0 Å². The van der Waals surface area contributed by atoms with E-state index >= 15 is 0 Å². The van der Waals surface area contributed by atoms with Crippen molar-refractivity contribution in [2.45, 2.75) is 96.1 Å². The number of carboxylic acid groups (broad SMARTS) is 1. The predicted molar refractivity (Wildman–Crippen MR) is 206 cm³/mol. The molecule has 0 radical (unpaired) electrons. The Bertz CT molecular complexity index is 1980. The van der Waals surface area contributed by atoms with E-state index in [1.807, 2.05) is 72.8 Å². The highest BCUT2D eigenvalue weighted by Gasteiger charge is 2.34. The van der Waals surface area contributed by atoms with Crippen molar-refractivity contribution in [3.8, 4) is 11.1 Å². The Balaban J connectivity index is 1.36. The molecule has 292 valence electrons. The second kappa shape index (κ2) is 17.2. The summed E-state index contributed by atoms with van der Waals surface area (Å²) < 4.78 is 17.1. The van der Waals surface area contributed by atoms with Crippen LogP contribution in [0.15, 0.2) is 79.0 Å². The number of H-pyrrole nitrogens is 1. The highest BCUT2D eigenvalue weighted by atomic mass is 16.6. The maximum atomic E-state index is 14.1. The Labute approximate surface area is 320 Å². The van der Waals surface area contributed by atoms with E-state index in [9.17, 15) is 29.1 Å². The number of amides is 3. The van der Waals surface area contributed by atoms with Crippen LogP contribution in [0, 0.1) is 0 Å². The third-order valence-electron chi connectivity index (χ3n) is 9.02. The number of nitrogens with one attached hydrogen (secondary N) is 4. The molecule has 3 aromatic carbocycles. The van der Waals surface area contributed by atoms with Crippen molar-refractivity contribution in [2.24, 2.45) is 0 Å². The number of aromatic nitrogens is 1. The van der Waals surface area contributed by atoms with Crippen LogP contribution in [-0.4, -0.2) is 82.5 Å². The molecule has 1 aliphatic carbocycles. The third-order valence-corrected chi connectivity index (χ3v) is 9.02. The van der Waals surface area contributed by atoms with Gasteiger partial charge in [-0.15, -0.1) is 0 Å². The fourth-order valence-electron chi connectivity index (χ4n) is 6.47. The molecule has 0 fully saturated rings. The number of carbonyl (C=O) groups excluding carboxylic acids is 4. The SMILES string of the molecule is CC(C)(C)OC[C@H](NC(=O)[C@H](CCC(=O)O)NC(=O)[C@H](Cc1c[nH]c2ccccc12)NC(=O)OCC1c2ccccc2-c2ccccc21)C(=O)OC(C)(C)C. The number of alkyl carbamates (subject to hydrolysis) is 1. The molecule has 5 rings (SSSR count). The van der Waals surface area contributed by atoms with Gasteiger partial charge >= 0.3 is 18.0 Å². The molecule has 0 bridgehead atoms. The van der Waals surface area contributed by atoms with Crippen LogP contribution in [0.2, 0.25) is 0 Å². The van der Waals surface area contributed by atoms with Crippen molar-refractivity contribution in [3.05, 3.63) is 95.7 Å². The second-order valence-corrected chi connectivity index (χ2v) is 15.6. The van der Waals surface area contributed by atoms with Gasteiger partial charge in [-0.1, -0.05) is 66.7 Å². The molecular formula is C42H50N4O9. The number of hydrogen-bond donors (Lipinski definition) is 5. The first-order valence-electron chi connectivity index (χ1n) is 18.3. The van der Waals surface area contributed by atoms with Crippen LogP contribution in [-0.2, 0) is 39.8 Å². The fourth-order valence-corrected chi connectivity index (χ4v) is 6.47. The summed E-state index contributed by atoms with van der Waals surface area (Å²) in [7, 11) is 0. The van der Waals surface area contributed by atoms with Gasteiger partial charge in [-0.25, -0.2) is 9.59 Å². The minimum Gasteiger partial charge on any atom is -0.481 e. The maximum absolute atomic E-state index is 14.1. The van der Waals surface area contributed by atoms with Gasteiger partial charge in [0.2, 0.25) is 11.8 Å². The summed E-state index contributed by atoms with van der Waals surface area (Å²) in [5.74, 6) is -3.76. The van der Waals surface area contributed by atoms with Crippen molar-refractivity contribution >= 4 is 40.7 Å². The third kappa shape index (κ3) is 10.9. The molecule has 1 aliphatic rings. The van der Waals surface area contributed by atoms with Crippen LogP contribution in [0.1, 0.15) is 77.0 Å². The number of aromatic amines is 1. The van der Waals surface area contributed by atoms with Gasteiger partial charge in [-0.2, -0.15) is 0 Å². The molecule has 0 spiro atoms. The zero-order valence-corrected chi connectivity index (χ0v) is 32.1. The van der Waals surface area contributed by atoms with Crippen LogP contribution >= 0.6 is 0 Å². The normalized spacial score (nSPS) is 14.2. The summed E-state index contributed by atoms with van der Waals surface area (Å²) in [6.07, 6.45) is 0.116. The van der Waals surface area contributed by atoms with Gasteiger partial charge < -0.3 is 40.3 Å². The zero-order valence-electron chi connectivity index (χ0n) is 32.1. The number of ether oxygens (including phenoxy) is 3. The summed E-state index contributed by atoms with van der Waals surface area (Å²) in [4.78, 5) is 69.4. The highest BCUT2D eigenvalue weighted by molar-refractivity contribution is 5.94. The van der Waals surface area contributed by atoms with Crippen LogP contribution in [0.3, 0.4) is 0 Å². The Morgan fingerprint density at radius 3 is 1.95 bits per heavy atom. The van der Waals surface area contributed by atoms with Gasteiger partial charge in [0.15, 0.2) is 6.04 Å². The lowest BCUT2D eigenvalue weighted by Gasteiger charge is -2.29. The fraction of sp³-hybridized carbons (Fsp3) is 0.405. The van der Waals surface area contributed by atoms with Crippen molar-refractivity contribution in [3.63, 3.8) is 0 Å². The minimum atomic E-state index is -1.40. The highest BCUT2D eigenvalue weighted by Crippen LogP contribution is 2.44. The average Bonchev–Trinajstić information content (AvgIpc) is 3.67. The van der Waals surface area contributed by atoms with Gasteiger partial charge in [0.25, 0.3) is 0 Å². The lowest BCUT2D eigenvalue weighted by Crippen LogP contribution is -2.57. The molecule has 13 nitrogen and oxygen atoms in total. The van der Waals surface area contributed by atoms with Crippen LogP contribution in [0.5, 0.6) is 0 Å². The lowest BCUT2D eigenvalue weighted by atomic mass is 9.98. The number of benzene rings is 3. The predicted octanol–water partition coefficient (Wildman–Crippen LogP) is 5.61. The van der Waals surface area contributed by atoms with Crippen LogP contribution in [0.4, 0.5) is 4.79 Å². The molecule has 0 saturated heterocycles. The molecule has 5 N–H and O–H groups in total. The summed E-state index contributed by atoms with van der Waals surface area (Å²) in [5, 5.41) is 18.3. The first-order chi connectivity index (χ1) is 26.0. The van der Waals surface area contributed by atoms with Crippen molar-refractivity contribution in [1.82, 2.24) is 20.9 Å². The van der Waals surface area contributed by atoms with Gasteiger partial charge in [0.1, 0.15) is 24.3 Å². The van der Waals surface area contributed by atoms with E-state index in [0.717, 1.165) is 33.2 Å². The van der Waals surface area contributed by atoms with Crippen molar-refractivity contribution in [2.75, 3.05) is 13.2 Å². The van der Waals surface area contributed by atoms with Gasteiger partial charge in [-0.05, 0) is 81.8 Å². The first kappa shape index (κ1) is 40.5. The Morgan fingerprint density at radius 2 is 1.33 bits per heavy atom. The molecule has 4 aromatic rings. The number of esters is 1. The molecule has 3 amide bonds. The molecule has 13 heteroatoms. The van der Waals surface area contributed by atoms with E-state index in [2.05, 4.69) is 20.9 Å². The Kier molecular flexibility index (Phi) is 12.7. The standard InChI is InChI=1S/C42H50N4O9/c1-41(2,3)54-24-35(39(51)55-42(4,5)6)45-37(49)33(19-20-36(47)48)44-38(50)34(21-25-22-43-32-18-12-11-13-26(25)32)46-40(52)53-23-31-29-16-9-7-14-27(29)28-15-8-10-17-30(28)31/h7-18,22,31,33-35,43H,19-21,23-24H2,1-6H3,(H,44,50)(H,45,49)(H,46,52)(H,47,48)/t33-,34-,35-/m0/s1. The number of hydrogen-bond acceptors (Lipinski definition) is 8. The van der Waals surface area contributed by atoms with E-state index in [-0.39, 0.29) is 32.0 Å². The largest absolute Gasteiger partial charge is 0.481 e. The number of fused-ring (bicyclic) bond motifs is 4. The van der Waals surface area contributed by atoms with E-state index < -0.39 is 65.6 Å². The van der Waals surface area contributed by atoms with E-state index in [1.54, 1.807) is 47.7 Å². The number of carboxylic acids is 1. The molecule has 55 heavy (non-hydrogen) atoms. The minimum absolute atomic E-state index is 0.00721. The van der Waals surface area contributed by atoms with Gasteiger partial charge in [0, 0.05) is 35.9 Å². The molecular weight excluding hydrogens is 704 g/mol. The number of aliphatic carboxylic acids is 1. The molecule has 3 atom stereocenters. The number of rotatable bonds is 15. The number of carbonyl (C=O) groups is 5. The molecule has 1 aromatic heterocycles. The zero-order chi connectivity index (χ0) is 39.9. The Hall–Kier alpha value is -5.69. The summed E-state index contributed by atoms with van der Waals surface area (Å²) >= 11 is 0. The monoisotopic (exact) mass is 754 g/mol. The topological polar surface area (TPSA) is 185 Å². The quantitative estimate of drug-likeness (QED) is 0.0963. The van der Waals surface area contributed by atoms with Crippen molar-refractivity contribution in [1.29, 1.82) is 0 Å². The molecule has 1 heterocycles. The smallest absolute Gasteiger partial charge is 0.407 e. The van der Waals surface area contributed by atoms with E-state index in [4.69, 9.17) is 14.2 Å². The van der Waals surface area contributed by atoms with Gasteiger partial charge in [-0.3, -0.25) is 14.4 Å². The lowest BCUT2D eigenvalue weighted by molar-refractivity contribution is -0.162. The average molecular weight is 755 g/mol. The molecule has 0 aliphatic heterocycles. The van der Waals surface area contributed by atoms with Crippen molar-refractivity contribution < 1.29 is 43.3 Å². The van der Waals surface area contributed by atoms with Crippen LogP contribution in [0.25, 0.3) is 22.0 Å². The van der Waals surface area contributed by atoms with E-state index in [1.165, 1.54) is 0 Å². The summed E-state index contributed by atoms with van der Waals surface area (Å²) in [5.41, 5.74) is 4.17. The molecule has 0 unspecified atom stereocenters. The Morgan fingerprint density at radius 1 is 0.745 bits per heavy atom. The van der Waals surface area contributed by atoms with E-state index in [0.29, 0.717) is 5.56 Å². The first-order valence-corrected chi connectivity index (χ1v) is 18.3. The maximum Gasteiger partial charge on any atom is 0.407 e. The molecule has 0 saturated carbocycles. The van der Waals surface area contributed by atoms with Gasteiger partial charge in [0.05, 0.1) is 12.2 Å². The second-order valence-electron chi connectivity index (χ2n) is 15.6.